The number of nitrogens with zero attached hydrogens (tertiary/aromatic N) is 2. The topological polar surface area (TPSA) is 84.0 Å². The van der Waals surface area contributed by atoms with E-state index in [1.165, 1.54) is 21.5 Å². The second-order valence-electron chi connectivity index (χ2n) is 7.27. The van der Waals surface area contributed by atoms with Gasteiger partial charge in [-0.3, -0.25) is 9.10 Å². The van der Waals surface area contributed by atoms with Gasteiger partial charge in [0.25, 0.3) is 5.91 Å². The summed E-state index contributed by atoms with van der Waals surface area (Å²) in [6.45, 7) is 1.89. The first-order valence-corrected chi connectivity index (χ1v) is 11.1. The maximum atomic E-state index is 12.4. The molecule has 0 saturated heterocycles. The Balaban J connectivity index is 1.62. The van der Waals surface area contributed by atoms with Gasteiger partial charge in [-0.25, -0.2) is 13.2 Å². The van der Waals surface area contributed by atoms with Gasteiger partial charge in [-0.2, -0.15) is 0 Å². The lowest BCUT2D eigenvalue weighted by atomic mass is 10.1. The monoisotopic (exact) mass is 416 g/mol. The van der Waals surface area contributed by atoms with Gasteiger partial charge in [-0.15, -0.1) is 0 Å². The van der Waals surface area contributed by atoms with Crippen molar-refractivity contribution in [2.45, 2.75) is 25.9 Å². The Bertz CT molecular complexity index is 1020. The lowest BCUT2D eigenvalue weighted by Crippen LogP contribution is -2.34. The lowest BCUT2D eigenvalue weighted by Gasteiger charge is -2.21. The first kappa shape index (κ1) is 20.9. The summed E-state index contributed by atoms with van der Waals surface area (Å²) in [5, 5.41) is 0. The van der Waals surface area contributed by atoms with Crippen molar-refractivity contribution in [3.8, 4) is 0 Å². The smallest absolute Gasteiger partial charge is 0.338 e. The van der Waals surface area contributed by atoms with Crippen LogP contribution in [0.25, 0.3) is 0 Å². The summed E-state index contributed by atoms with van der Waals surface area (Å²) >= 11 is 0. The van der Waals surface area contributed by atoms with Gasteiger partial charge in [0.15, 0.2) is 6.61 Å². The summed E-state index contributed by atoms with van der Waals surface area (Å²) in [4.78, 5) is 26.1. The van der Waals surface area contributed by atoms with Crippen molar-refractivity contribution in [1.82, 2.24) is 4.90 Å². The van der Waals surface area contributed by atoms with Crippen LogP contribution in [0.5, 0.6) is 0 Å². The third kappa shape index (κ3) is 4.76. The summed E-state index contributed by atoms with van der Waals surface area (Å²) in [5.41, 5.74) is 2.63. The maximum Gasteiger partial charge on any atom is 0.338 e. The molecule has 3 rings (SSSR count). The fourth-order valence-corrected chi connectivity index (χ4v) is 4.77. The molecule has 0 bridgehead atoms. The maximum absolute atomic E-state index is 12.4. The number of anilines is 1. The van der Waals surface area contributed by atoms with Gasteiger partial charge in [-0.1, -0.05) is 30.3 Å². The Kier molecular flexibility index (Phi) is 5.93. The van der Waals surface area contributed by atoms with Gasteiger partial charge in [-0.05, 0) is 42.7 Å². The molecule has 1 atom stereocenters. The molecule has 0 aromatic heterocycles. The van der Waals surface area contributed by atoms with E-state index in [0.29, 0.717) is 24.2 Å². The van der Waals surface area contributed by atoms with Crippen molar-refractivity contribution in [2.75, 3.05) is 24.2 Å². The van der Waals surface area contributed by atoms with E-state index in [0.717, 1.165) is 11.1 Å². The molecule has 0 N–H and O–H groups in total. The second-order valence-corrected chi connectivity index (χ2v) is 9.13. The highest BCUT2D eigenvalue weighted by molar-refractivity contribution is 7.92. The molecule has 8 heteroatoms. The minimum atomic E-state index is -3.39. The first-order valence-electron chi connectivity index (χ1n) is 9.24. The molecule has 2 aromatic carbocycles. The molecule has 0 fully saturated rings. The summed E-state index contributed by atoms with van der Waals surface area (Å²) in [6, 6.07) is 14.1. The first-order chi connectivity index (χ1) is 13.7. The lowest BCUT2D eigenvalue weighted by molar-refractivity contribution is -0.133. The third-order valence-corrected chi connectivity index (χ3v) is 6.11. The van der Waals surface area contributed by atoms with Crippen LogP contribution in [-0.2, 0) is 32.5 Å². The molecule has 0 aliphatic carbocycles. The van der Waals surface area contributed by atoms with Crippen molar-refractivity contribution in [2.24, 2.45) is 0 Å². The van der Waals surface area contributed by atoms with E-state index in [-0.39, 0.29) is 18.6 Å². The number of benzene rings is 2. The highest BCUT2D eigenvalue weighted by Gasteiger charge is 2.33. The van der Waals surface area contributed by atoms with Crippen molar-refractivity contribution in [1.29, 1.82) is 0 Å². The van der Waals surface area contributed by atoms with Crippen LogP contribution in [0.4, 0.5) is 5.69 Å². The van der Waals surface area contributed by atoms with E-state index in [1.807, 2.05) is 37.3 Å². The average Bonchev–Trinajstić information content (AvgIpc) is 3.01. The Morgan fingerprint density at radius 3 is 2.52 bits per heavy atom. The Morgan fingerprint density at radius 1 is 1.17 bits per heavy atom. The number of esters is 1. The second kappa shape index (κ2) is 8.24. The number of fused-ring (bicyclic) bond motifs is 1. The molecule has 0 spiro atoms. The predicted molar refractivity (Wildman–Crippen MR) is 110 cm³/mol. The van der Waals surface area contributed by atoms with Crippen molar-refractivity contribution >= 4 is 27.6 Å². The number of amides is 1. The summed E-state index contributed by atoms with van der Waals surface area (Å²) in [7, 11) is -1.74. The zero-order valence-electron chi connectivity index (χ0n) is 16.7. The van der Waals surface area contributed by atoms with Crippen LogP contribution in [-0.4, -0.2) is 51.1 Å². The quantitative estimate of drug-likeness (QED) is 0.674. The molecular formula is C21H24N2O5S. The zero-order valence-corrected chi connectivity index (χ0v) is 17.5. The summed E-state index contributed by atoms with van der Waals surface area (Å²) in [5.74, 6) is -0.917. The number of hydrogen-bond acceptors (Lipinski definition) is 5. The zero-order chi connectivity index (χ0) is 21.2. The average molecular weight is 416 g/mol. The van der Waals surface area contributed by atoms with Crippen molar-refractivity contribution in [3.63, 3.8) is 0 Å². The molecule has 1 unspecified atom stereocenters. The number of carbonyl (C=O) groups is 2. The van der Waals surface area contributed by atoms with Crippen LogP contribution in [0.1, 0.15) is 28.4 Å². The molecular weight excluding hydrogens is 392 g/mol. The molecule has 2 aromatic rings. The normalized spacial score (nSPS) is 15.7. The molecule has 7 nitrogen and oxygen atoms in total. The molecule has 0 radical (unpaired) electrons. The van der Waals surface area contributed by atoms with Gasteiger partial charge in [0, 0.05) is 19.6 Å². The van der Waals surface area contributed by atoms with E-state index in [2.05, 4.69) is 0 Å². The molecule has 154 valence electrons. The Labute approximate surface area is 170 Å². The van der Waals surface area contributed by atoms with E-state index in [9.17, 15) is 18.0 Å². The number of sulfonamides is 1. The van der Waals surface area contributed by atoms with Crippen molar-refractivity contribution < 1.29 is 22.7 Å². The van der Waals surface area contributed by atoms with Crippen LogP contribution in [0.3, 0.4) is 0 Å². The highest BCUT2D eigenvalue weighted by Crippen LogP contribution is 2.34. The number of rotatable bonds is 6. The highest BCUT2D eigenvalue weighted by atomic mass is 32.2. The minimum absolute atomic E-state index is 0.209. The van der Waals surface area contributed by atoms with E-state index < -0.39 is 16.0 Å². The van der Waals surface area contributed by atoms with Crippen LogP contribution >= 0.6 is 0 Å². The Hall–Kier alpha value is -2.87. The van der Waals surface area contributed by atoms with E-state index in [1.54, 1.807) is 19.2 Å². The van der Waals surface area contributed by atoms with Crippen LogP contribution in [0.15, 0.2) is 48.5 Å². The molecule has 1 aliphatic rings. The van der Waals surface area contributed by atoms with Gasteiger partial charge >= 0.3 is 5.97 Å². The van der Waals surface area contributed by atoms with Crippen LogP contribution in [0.2, 0.25) is 0 Å². The summed E-state index contributed by atoms with van der Waals surface area (Å²) < 4.78 is 30.5. The van der Waals surface area contributed by atoms with Gasteiger partial charge < -0.3 is 9.64 Å². The van der Waals surface area contributed by atoms with Crippen LogP contribution in [0, 0.1) is 0 Å². The third-order valence-electron chi connectivity index (χ3n) is 4.84. The number of carbonyl (C=O) groups excluding carboxylic acids is 2. The predicted octanol–water partition coefficient (Wildman–Crippen LogP) is 2.21. The number of ether oxygens (including phenoxy) is 1. The van der Waals surface area contributed by atoms with E-state index in [4.69, 9.17) is 4.74 Å². The van der Waals surface area contributed by atoms with Crippen molar-refractivity contribution in [3.05, 3.63) is 65.2 Å². The van der Waals surface area contributed by atoms with Gasteiger partial charge in [0.05, 0.1) is 17.5 Å². The van der Waals surface area contributed by atoms with Crippen LogP contribution < -0.4 is 4.31 Å². The largest absolute Gasteiger partial charge is 0.452 e. The van der Waals surface area contributed by atoms with Gasteiger partial charge in [0.2, 0.25) is 10.0 Å². The van der Waals surface area contributed by atoms with E-state index >= 15 is 0 Å². The molecule has 1 heterocycles. The number of likely N-dealkylation sites (N-methyl/N-ethyl adjacent to an activating group) is 1. The molecule has 1 amide bonds. The summed E-state index contributed by atoms with van der Waals surface area (Å²) in [6.07, 6.45) is 1.68. The minimum Gasteiger partial charge on any atom is -0.452 e. The fourth-order valence-electron chi connectivity index (χ4n) is 3.50. The molecule has 1 aliphatic heterocycles. The Morgan fingerprint density at radius 2 is 1.86 bits per heavy atom. The number of hydrogen-bond donors (Lipinski definition) is 0. The fraction of sp³-hybridized carbons (Fsp3) is 0.333. The standard InChI is InChI=1S/C21H24N2O5S/c1-15-11-18-12-17(9-10-19(18)23(15)29(3,26)27)21(25)28-14-20(24)22(2)13-16-7-5-4-6-8-16/h4-10,12,15H,11,13-14H2,1-3H3. The molecule has 0 saturated carbocycles. The molecule has 29 heavy (non-hydrogen) atoms. The van der Waals surface area contributed by atoms with Gasteiger partial charge in [0.1, 0.15) is 0 Å². The SMILES string of the molecule is CC1Cc2cc(C(=O)OCC(=O)N(C)Cc3ccccc3)ccc2N1S(C)(=O)=O.